The van der Waals surface area contributed by atoms with Gasteiger partial charge >= 0.3 is 0 Å². The van der Waals surface area contributed by atoms with Crippen LogP contribution >= 0.6 is 11.6 Å². The van der Waals surface area contributed by atoms with Crippen LogP contribution < -0.4 is 0 Å². The van der Waals surface area contributed by atoms with Crippen LogP contribution in [0.1, 0.15) is 37.2 Å². The molecular weight excluding hydrogens is 224 g/mol. The first-order chi connectivity index (χ1) is 7.56. The zero-order chi connectivity index (χ0) is 12.1. The first-order valence-electron chi connectivity index (χ1n) is 5.46. The zero-order valence-electron chi connectivity index (χ0n) is 9.90. The average Bonchev–Trinajstić information content (AvgIpc) is 2.27. The fourth-order valence-electron chi connectivity index (χ4n) is 1.52. The molecule has 1 aromatic heterocycles. The van der Waals surface area contributed by atoms with E-state index >= 15 is 0 Å². The third kappa shape index (κ3) is 3.20. The van der Waals surface area contributed by atoms with Crippen LogP contribution in [0.5, 0.6) is 0 Å². The van der Waals surface area contributed by atoms with Crippen molar-refractivity contribution in [2.45, 2.75) is 32.7 Å². The smallest absolute Gasteiger partial charge is 0.272 e. The second-order valence-electron chi connectivity index (χ2n) is 3.90. The lowest BCUT2D eigenvalue weighted by molar-refractivity contribution is 0.0731. The van der Waals surface area contributed by atoms with E-state index in [0.29, 0.717) is 10.8 Å². The van der Waals surface area contributed by atoms with Crippen molar-refractivity contribution in [1.29, 1.82) is 0 Å². The van der Waals surface area contributed by atoms with Crippen molar-refractivity contribution in [3.8, 4) is 0 Å². The van der Waals surface area contributed by atoms with E-state index in [1.807, 2.05) is 6.92 Å². The standard InChI is InChI=1S/C12H17ClN2O/c1-4-6-9(2)15(3)12(16)10-7-5-8-11(13)14-10/h5,7-9H,4,6H2,1-3H3. The maximum absolute atomic E-state index is 12.0. The Bertz CT molecular complexity index is 368. The summed E-state index contributed by atoms with van der Waals surface area (Å²) in [5.74, 6) is -0.0801. The molecule has 0 aliphatic rings. The second-order valence-corrected chi connectivity index (χ2v) is 4.29. The van der Waals surface area contributed by atoms with E-state index in [1.54, 1.807) is 30.1 Å². The van der Waals surface area contributed by atoms with Gasteiger partial charge in [0.1, 0.15) is 10.8 Å². The minimum Gasteiger partial charge on any atom is -0.338 e. The van der Waals surface area contributed by atoms with Gasteiger partial charge in [0.15, 0.2) is 0 Å². The first-order valence-corrected chi connectivity index (χ1v) is 5.83. The van der Waals surface area contributed by atoms with Crippen LogP contribution in [-0.2, 0) is 0 Å². The Morgan fingerprint density at radius 2 is 2.25 bits per heavy atom. The van der Waals surface area contributed by atoms with Crippen LogP contribution in [-0.4, -0.2) is 28.9 Å². The van der Waals surface area contributed by atoms with Crippen molar-refractivity contribution < 1.29 is 4.79 Å². The minimum atomic E-state index is -0.0801. The number of hydrogen-bond acceptors (Lipinski definition) is 2. The minimum absolute atomic E-state index is 0.0801. The molecule has 88 valence electrons. The Hall–Kier alpha value is -1.09. The van der Waals surface area contributed by atoms with Crippen LogP contribution in [0, 0.1) is 0 Å². The summed E-state index contributed by atoms with van der Waals surface area (Å²) in [5, 5.41) is 0.349. The number of rotatable bonds is 4. The maximum atomic E-state index is 12.0. The van der Waals surface area contributed by atoms with E-state index in [4.69, 9.17) is 11.6 Å². The Morgan fingerprint density at radius 3 is 2.81 bits per heavy atom. The summed E-state index contributed by atoms with van der Waals surface area (Å²) in [4.78, 5) is 17.7. The quantitative estimate of drug-likeness (QED) is 0.758. The number of nitrogens with zero attached hydrogens (tertiary/aromatic N) is 2. The Morgan fingerprint density at radius 1 is 1.56 bits per heavy atom. The Balaban J connectivity index is 2.77. The molecule has 1 atom stereocenters. The van der Waals surface area contributed by atoms with Gasteiger partial charge in [-0.25, -0.2) is 4.98 Å². The van der Waals surface area contributed by atoms with Crippen molar-refractivity contribution in [2.24, 2.45) is 0 Å². The van der Waals surface area contributed by atoms with E-state index in [9.17, 15) is 4.79 Å². The average molecular weight is 241 g/mol. The molecule has 0 fully saturated rings. The Labute approximate surface area is 101 Å². The molecule has 0 radical (unpaired) electrons. The topological polar surface area (TPSA) is 33.2 Å². The summed E-state index contributed by atoms with van der Waals surface area (Å²) in [5.41, 5.74) is 0.401. The number of carbonyl (C=O) groups excluding carboxylic acids is 1. The predicted molar refractivity (Wildman–Crippen MR) is 65.7 cm³/mol. The van der Waals surface area contributed by atoms with Gasteiger partial charge in [-0.2, -0.15) is 0 Å². The van der Waals surface area contributed by atoms with E-state index < -0.39 is 0 Å². The van der Waals surface area contributed by atoms with Gasteiger partial charge in [-0.3, -0.25) is 4.79 Å². The molecule has 4 heteroatoms. The van der Waals surface area contributed by atoms with Crippen LogP contribution in [0.25, 0.3) is 0 Å². The van der Waals surface area contributed by atoms with Gasteiger partial charge in [0.25, 0.3) is 5.91 Å². The zero-order valence-corrected chi connectivity index (χ0v) is 10.7. The molecule has 0 saturated carbocycles. The molecule has 0 aromatic carbocycles. The highest BCUT2D eigenvalue weighted by Crippen LogP contribution is 2.11. The number of pyridine rings is 1. The molecular formula is C12H17ClN2O. The molecule has 3 nitrogen and oxygen atoms in total. The van der Waals surface area contributed by atoms with Gasteiger partial charge in [-0.1, -0.05) is 31.0 Å². The van der Waals surface area contributed by atoms with Gasteiger partial charge in [-0.05, 0) is 25.5 Å². The highest BCUT2D eigenvalue weighted by atomic mass is 35.5. The number of hydrogen-bond donors (Lipinski definition) is 0. The van der Waals surface area contributed by atoms with Crippen LogP contribution in [0.2, 0.25) is 5.15 Å². The van der Waals surface area contributed by atoms with Gasteiger partial charge in [0.2, 0.25) is 0 Å². The van der Waals surface area contributed by atoms with Crippen molar-refractivity contribution in [2.75, 3.05) is 7.05 Å². The molecule has 1 aromatic rings. The third-order valence-electron chi connectivity index (χ3n) is 2.62. The molecule has 16 heavy (non-hydrogen) atoms. The van der Waals surface area contributed by atoms with Crippen molar-refractivity contribution in [1.82, 2.24) is 9.88 Å². The number of carbonyl (C=O) groups is 1. The summed E-state index contributed by atoms with van der Waals surface area (Å²) in [6.45, 7) is 4.14. The molecule has 1 heterocycles. The van der Waals surface area contributed by atoms with Crippen LogP contribution in [0.3, 0.4) is 0 Å². The summed E-state index contributed by atoms with van der Waals surface area (Å²) in [6, 6.07) is 5.30. The van der Waals surface area contributed by atoms with Crippen molar-refractivity contribution in [3.05, 3.63) is 29.0 Å². The number of aromatic nitrogens is 1. The highest BCUT2D eigenvalue weighted by molar-refractivity contribution is 6.29. The molecule has 1 rings (SSSR count). The number of amides is 1. The van der Waals surface area contributed by atoms with E-state index in [-0.39, 0.29) is 11.9 Å². The summed E-state index contributed by atoms with van der Waals surface area (Å²) < 4.78 is 0. The van der Waals surface area contributed by atoms with Gasteiger partial charge in [-0.15, -0.1) is 0 Å². The first kappa shape index (κ1) is 13.0. The molecule has 0 saturated heterocycles. The fourth-order valence-corrected chi connectivity index (χ4v) is 1.68. The van der Waals surface area contributed by atoms with Crippen molar-refractivity contribution >= 4 is 17.5 Å². The monoisotopic (exact) mass is 240 g/mol. The molecule has 1 unspecified atom stereocenters. The largest absolute Gasteiger partial charge is 0.338 e. The lowest BCUT2D eigenvalue weighted by atomic mass is 10.1. The van der Waals surface area contributed by atoms with E-state index in [1.165, 1.54) is 0 Å². The predicted octanol–water partition coefficient (Wildman–Crippen LogP) is 3.00. The molecule has 0 bridgehead atoms. The third-order valence-corrected chi connectivity index (χ3v) is 2.83. The van der Waals surface area contributed by atoms with E-state index in [0.717, 1.165) is 12.8 Å². The van der Waals surface area contributed by atoms with Crippen LogP contribution in [0.15, 0.2) is 18.2 Å². The second kappa shape index (κ2) is 5.85. The molecule has 0 aliphatic heterocycles. The Kier molecular flexibility index (Phi) is 4.74. The number of halogens is 1. The highest BCUT2D eigenvalue weighted by Gasteiger charge is 2.17. The molecule has 0 aliphatic carbocycles. The summed E-state index contributed by atoms with van der Waals surface area (Å²) in [6.07, 6.45) is 2.05. The molecule has 0 spiro atoms. The maximum Gasteiger partial charge on any atom is 0.272 e. The van der Waals surface area contributed by atoms with Crippen molar-refractivity contribution in [3.63, 3.8) is 0 Å². The normalized spacial score (nSPS) is 12.2. The molecule has 0 N–H and O–H groups in total. The summed E-state index contributed by atoms with van der Waals surface area (Å²) in [7, 11) is 1.80. The fraction of sp³-hybridized carbons (Fsp3) is 0.500. The van der Waals surface area contributed by atoms with Gasteiger partial charge in [0, 0.05) is 13.1 Å². The van der Waals surface area contributed by atoms with E-state index in [2.05, 4.69) is 11.9 Å². The summed E-state index contributed by atoms with van der Waals surface area (Å²) >= 11 is 5.75. The van der Waals surface area contributed by atoms with Gasteiger partial charge < -0.3 is 4.90 Å². The lowest BCUT2D eigenvalue weighted by Gasteiger charge is -2.24. The van der Waals surface area contributed by atoms with Gasteiger partial charge in [0.05, 0.1) is 0 Å². The lowest BCUT2D eigenvalue weighted by Crippen LogP contribution is -2.35. The van der Waals surface area contributed by atoms with Crippen LogP contribution in [0.4, 0.5) is 0 Å². The molecule has 1 amide bonds. The SMILES string of the molecule is CCCC(C)N(C)C(=O)c1cccc(Cl)n1.